The topological polar surface area (TPSA) is 30.5 Å². The van der Waals surface area contributed by atoms with Gasteiger partial charge >= 0.3 is 0 Å². The van der Waals surface area contributed by atoms with Gasteiger partial charge < -0.3 is 14.8 Å². The van der Waals surface area contributed by atoms with E-state index in [2.05, 4.69) is 85.0 Å². The zero-order valence-electron chi connectivity index (χ0n) is 16.8. The lowest BCUT2D eigenvalue weighted by molar-refractivity contribution is 0.281. The highest BCUT2D eigenvalue weighted by atomic mass is 16.5. The number of nitrogens with one attached hydrogen (secondary N) is 1. The number of aryl methyl sites for hydroxylation is 1. The smallest absolute Gasteiger partial charge is 0.166 e. The van der Waals surface area contributed by atoms with E-state index in [1.165, 1.54) is 16.3 Å². The van der Waals surface area contributed by atoms with Crippen LogP contribution in [0, 0.1) is 6.92 Å². The molecular formula is C26H25NO2. The van der Waals surface area contributed by atoms with Crippen LogP contribution in [0.25, 0.3) is 10.8 Å². The number of hydrogen-bond acceptors (Lipinski definition) is 3. The van der Waals surface area contributed by atoms with E-state index in [0.717, 1.165) is 28.3 Å². The van der Waals surface area contributed by atoms with Gasteiger partial charge in [-0.3, -0.25) is 0 Å². The van der Waals surface area contributed by atoms with Crippen LogP contribution in [0.15, 0.2) is 84.9 Å². The summed E-state index contributed by atoms with van der Waals surface area (Å²) in [5, 5.41) is 6.00. The summed E-state index contributed by atoms with van der Waals surface area (Å²) in [6, 6.07) is 29.1. The molecule has 0 aliphatic carbocycles. The number of anilines is 1. The standard InChI is InChI=1S/C26H25NO2/c1-19-13-15-20(16-14-19)18-29-26-22(9-6-12-25(26)28-2)17-27-24-11-5-8-21-7-3-4-10-23(21)24/h3-16,27H,17-18H2,1-2H3. The van der Waals surface area contributed by atoms with Crippen LogP contribution >= 0.6 is 0 Å². The average Bonchev–Trinajstić information content (AvgIpc) is 2.77. The van der Waals surface area contributed by atoms with Crippen LogP contribution in [-0.2, 0) is 13.2 Å². The van der Waals surface area contributed by atoms with Crippen molar-refractivity contribution in [2.45, 2.75) is 20.1 Å². The normalized spacial score (nSPS) is 10.7. The van der Waals surface area contributed by atoms with Gasteiger partial charge in [0.15, 0.2) is 11.5 Å². The molecule has 3 nitrogen and oxygen atoms in total. The maximum Gasteiger partial charge on any atom is 0.166 e. The number of benzene rings is 4. The Bertz CT molecular complexity index is 1100. The summed E-state index contributed by atoms with van der Waals surface area (Å²) in [6.07, 6.45) is 0. The van der Waals surface area contributed by atoms with Crippen molar-refractivity contribution in [3.05, 3.63) is 102 Å². The minimum Gasteiger partial charge on any atom is -0.493 e. The number of methoxy groups -OCH3 is 1. The average molecular weight is 383 g/mol. The van der Waals surface area contributed by atoms with Gasteiger partial charge in [0.25, 0.3) is 0 Å². The largest absolute Gasteiger partial charge is 0.493 e. The molecule has 0 heterocycles. The highest BCUT2D eigenvalue weighted by Crippen LogP contribution is 2.33. The van der Waals surface area contributed by atoms with Crippen molar-refractivity contribution in [3.63, 3.8) is 0 Å². The van der Waals surface area contributed by atoms with Crippen molar-refractivity contribution in [1.82, 2.24) is 0 Å². The molecule has 0 saturated heterocycles. The number of fused-ring (bicyclic) bond motifs is 1. The van der Waals surface area contributed by atoms with Gasteiger partial charge in [-0.2, -0.15) is 0 Å². The molecule has 0 amide bonds. The summed E-state index contributed by atoms with van der Waals surface area (Å²) < 4.78 is 11.8. The summed E-state index contributed by atoms with van der Waals surface area (Å²) in [5.41, 5.74) is 4.54. The first-order valence-corrected chi connectivity index (χ1v) is 9.80. The number of ether oxygens (including phenoxy) is 2. The first-order valence-electron chi connectivity index (χ1n) is 9.80. The molecule has 0 aromatic heterocycles. The lowest BCUT2D eigenvalue weighted by Gasteiger charge is -2.17. The zero-order chi connectivity index (χ0) is 20.1. The Hall–Kier alpha value is -3.46. The Morgan fingerprint density at radius 3 is 2.38 bits per heavy atom. The third-order valence-corrected chi connectivity index (χ3v) is 5.04. The molecule has 0 saturated carbocycles. The van der Waals surface area contributed by atoms with Crippen molar-refractivity contribution in [1.29, 1.82) is 0 Å². The first kappa shape index (κ1) is 18.9. The molecular weight excluding hydrogens is 358 g/mol. The SMILES string of the molecule is COc1cccc(CNc2cccc3ccccc23)c1OCc1ccc(C)cc1. The Morgan fingerprint density at radius 2 is 1.55 bits per heavy atom. The maximum atomic E-state index is 6.20. The van der Waals surface area contributed by atoms with Crippen LogP contribution in [0.4, 0.5) is 5.69 Å². The molecule has 0 atom stereocenters. The molecule has 0 radical (unpaired) electrons. The van der Waals surface area contributed by atoms with E-state index in [1.807, 2.05) is 12.1 Å². The third-order valence-electron chi connectivity index (χ3n) is 5.04. The minimum absolute atomic E-state index is 0.502. The van der Waals surface area contributed by atoms with E-state index >= 15 is 0 Å². The molecule has 0 bridgehead atoms. The van der Waals surface area contributed by atoms with E-state index < -0.39 is 0 Å². The fourth-order valence-corrected chi connectivity index (χ4v) is 3.43. The molecule has 4 rings (SSSR count). The Kier molecular flexibility index (Phi) is 5.66. The molecule has 146 valence electrons. The van der Waals surface area contributed by atoms with Gasteiger partial charge in [0, 0.05) is 23.2 Å². The molecule has 4 aromatic carbocycles. The van der Waals surface area contributed by atoms with Crippen molar-refractivity contribution in [2.24, 2.45) is 0 Å². The highest BCUT2D eigenvalue weighted by Gasteiger charge is 2.11. The zero-order valence-corrected chi connectivity index (χ0v) is 16.8. The van der Waals surface area contributed by atoms with Crippen LogP contribution in [0.1, 0.15) is 16.7 Å². The summed E-state index contributed by atoms with van der Waals surface area (Å²) in [6.45, 7) is 3.23. The Labute approximate surface area is 171 Å². The second-order valence-electron chi connectivity index (χ2n) is 7.10. The van der Waals surface area contributed by atoms with Crippen LogP contribution in [0.3, 0.4) is 0 Å². The predicted octanol–water partition coefficient (Wildman–Crippen LogP) is 6.35. The fourth-order valence-electron chi connectivity index (χ4n) is 3.43. The lowest BCUT2D eigenvalue weighted by atomic mass is 10.1. The van der Waals surface area contributed by atoms with Gasteiger partial charge in [0.1, 0.15) is 6.61 Å². The van der Waals surface area contributed by atoms with Gasteiger partial charge in [0.2, 0.25) is 0 Å². The van der Waals surface area contributed by atoms with Crippen molar-refractivity contribution < 1.29 is 9.47 Å². The van der Waals surface area contributed by atoms with Gasteiger partial charge in [-0.15, -0.1) is 0 Å². The summed E-state index contributed by atoms with van der Waals surface area (Å²) in [5.74, 6) is 1.53. The molecule has 4 aromatic rings. The summed E-state index contributed by atoms with van der Waals surface area (Å²) in [7, 11) is 1.68. The first-order chi connectivity index (χ1) is 14.2. The molecule has 3 heteroatoms. The Balaban J connectivity index is 1.56. The number of para-hydroxylation sites is 1. The molecule has 0 fully saturated rings. The molecule has 0 unspecified atom stereocenters. The van der Waals surface area contributed by atoms with Gasteiger partial charge in [-0.05, 0) is 30.0 Å². The maximum absolute atomic E-state index is 6.20. The number of hydrogen-bond donors (Lipinski definition) is 1. The second-order valence-corrected chi connectivity index (χ2v) is 7.10. The summed E-state index contributed by atoms with van der Waals surface area (Å²) in [4.78, 5) is 0. The predicted molar refractivity (Wildman–Crippen MR) is 120 cm³/mol. The Morgan fingerprint density at radius 1 is 0.793 bits per heavy atom. The summed E-state index contributed by atoms with van der Waals surface area (Å²) >= 11 is 0. The lowest BCUT2D eigenvalue weighted by Crippen LogP contribution is -2.05. The molecule has 0 spiro atoms. The van der Waals surface area contributed by atoms with Crippen molar-refractivity contribution in [2.75, 3.05) is 12.4 Å². The van der Waals surface area contributed by atoms with Crippen molar-refractivity contribution >= 4 is 16.5 Å². The third kappa shape index (κ3) is 4.35. The van der Waals surface area contributed by atoms with Crippen LogP contribution in [0.2, 0.25) is 0 Å². The van der Waals surface area contributed by atoms with Crippen LogP contribution < -0.4 is 14.8 Å². The van der Waals surface area contributed by atoms with Gasteiger partial charge in [0.05, 0.1) is 7.11 Å². The van der Waals surface area contributed by atoms with Crippen LogP contribution in [-0.4, -0.2) is 7.11 Å². The van der Waals surface area contributed by atoms with E-state index in [1.54, 1.807) is 7.11 Å². The molecule has 1 N–H and O–H groups in total. The minimum atomic E-state index is 0.502. The van der Waals surface area contributed by atoms with Gasteiger partial charge in [-0.1, -0.05) is 78.4 Å². The van der Waals surface area contributed by atoms with E-state index in [9.17, 15) is 0 Å². The molecule has 0 aliphatic rings. The fraction of sp³-hybridized carbons (Fsp3) is 0.154. The second kappa shape index (κ2) is 8.70. The quantitative estimate of drug-likeness (QED) is 0.403. The highest BCUT2D eigenvalue weighted by molar-refractivity contribution is 5.93. The molecule has 29 heavy (non-hydrogen) atoms. The van der Waals surface area contributed by atoms with Gasteiger partial charge in [-0.25, -0.2) is 0 Å². The van der Waals surface area contributed by atoms with E-state index in [4.69, 9.17) is 9.47 Å². The monoisotopic (exact) mass is 383 g/mol. The van der Waals surface area contributed by atoms with Crippen LogP contribution in [0.5, 0.6) is 11.5 Å². The molecule has 0 aliphatic heterocycles. The van der Waals surface area contributed by atoms with E-state index in [0.29, 0.717) is 13.2 Å². The number of rotatable bonds is 7. The van der Waals surface area contributed by atoms with Crippen molar-refractivity contribution in [3.8, 4) is 11.5 Å². The van der Waals surface area contributed by atoms with E-state index in [-0.39, 0.29) is 0 Å².